The Bertz CT molecular complexity index is 1070. The summed E-state index contributed by atoms with van der Waals surface area (Å²) in [5, 5.41) is 0. The molecule has 3 atom stereocenters. The van der Waals surface area contributed by atoms with Crippen molar-refractivity contribution in [2.75, 3.05) is 0 Å². The quantitative estimate of drug-likeness (QED) is 0.199. The second kappa shape index (κ2) is 14.4. The van der Waals surface area contributed by atoms with E-state index in [9.17, 15) is 19.2 Å². The number of esters is 1. The topological polar surface area (TPSA) is 159 Å². The number of carbonyl (C=O) groups excluding carboxylic acids is 4. The smallest absolute Gasteiger partial charge is 0.458 e. The van der Waals surface area contributed by atoms with Gasteiger partial charge in [0.2, 0.25) is 0 Å². The molecule has 0 aliphatic rings. The zero-order chi connectivity index (χ0) is 31.8. The van der Waals surface area contributed by atoms with Gasteiger partial charge in [-0.1, -0.05) is 13.0 Å². The van der Waals surface area contributed by atoms with E-state index in [0.29, 0.717) is 12.0 Å². The number of carbonyl (C=O) groups is 4. The van der Waals surface area contributed by atoms with Crippen molar-refractivity contribution in [3.05, 3.63) is 23.8 Å². The van der Waals surface area contributed by atoms with Gasteiger partial charge in [-0.15, -0.1) is 0 Å². The Labute approximate surface area is 242 Å². The number of hydrogen-bond donors (Lipinski definition) is 1. The largest absolute Gasteiger partial charge is 0.514 e. The molecule has 0 heterocycles. The van der Waals surface area contributed by atoms with E-state index >= 15 is 0 Å². The molecule has 12 heteroatoms. The first-order valence-electron chi connectivity index (χ1n) is 13.4. The van der Waals surface area contributed by atoms with Gasteiger partial charge in [0.1, 0.15) is 35.1 Å². The van der Waals surface area contributed by atoms with E-state index in [1.807, 2.05) is 6.92 Å². The molecule has 12 nitrogen and oxygen atoms in total. The molecule has 0 aromatic heterocycles. The molecule has 1 rings (SSSR count). The van der Waals surface area contributed by atoms with Crippen LogP contribution in [0.2, 0.25) is 0 Å². The third-order valence-electron chi connectivity index (χ3n) is 5.39. The van der Waals surface area contributed by atoms with Gasteiger partial charge in [0.25, 0.3) is 0 Å². The Morgan fingerprint density at radius 2 is 1.22 bits per heavy atom. The Kier molecular flexibility index (Phi) is 12.4. The number of nitrogens with two attached hydrogens (primary N) is 1. The molecule has 0 spiro atoms. The van der Waals surface area contributed by atoms with Crippen LogP contribution in [-0.2, 0) is 34.9 Å². The van der Waals surface area contributed by atoms with Crippen LogP contribution in [0.5, 0.6) is 11.5 Å². The zero-order valence-corrected chi connectivity index (χ0v) is 25.9. The van der Waals surface area contributed by atoms with Gasteiger partial charge in [0, 0.05) is 0 Å². The minimum absolute atomic E-state index is 0.0229. The summed E-state index contributed by atoms with van der Waals surface area (Å²) in [4.78, 5) is 49.3. The minimum Gasteiger partial charge on any atom is -0.458 e. The van der Waals surface area contributed by atoms with Crippen LogP contribution in [0.15, 0.2) is 18.2 Å². The molecule has 232 valence electrons. The number of rotatable bonds is 10. The number of ether oxygens (including phenoxy) is 7. The molecule has 1 aromatic rings. The molecule has 1 aromatic carbocycles. The summed E-state index contributed by atoms with van der Waals surface area (Å²) in [5.74, 6) is -1.01. The summed E-state index contributed by atoms with van der Waals surface area (Å²) in [6.45, 7) is 18.5. The molecule has 0 saturated carbocycles. The maximum atomic E-state index is 12.7. The van der Waals surface area contributed by atoms with Crippen molar-refractivity contribution in [2.45, 2.75) is 124 Å². The number of hydrogen-bond acceptors (Lipinski definition) is 12. The van der Waals surface area contributed by atoms with Crippen molar-refractivity contribution in [1.82, 2.24) is 0 Å². The second-order valence-electron chi connectivity index (χ2n) is 12.2. The third-order valence-corrected chi connectivity index (χ3v) is 5.39. The predicted molar refractivity (Wildman–Crippen MR) is 149 cm³/mol. The second-order valence-corrected chi connectivity index (χ2v) is 12.2. The lowest BCUT2D eigenvalue weighted by Gasteiger charge is -2.26. The van der Waals surface area contributed by atoms with Crippen LogP contribution in [0.25, 0.3) is 0 Å². The van der Waals surface area contributed by atoms with Gasteiger partial charge in [0.05, 0.1) is 0 Å². The molecule has 0 aliphatic carbocycles. The van der Waals surface area contributed by atoms with E-state index in [-0.39, 0.29) is 17.9 Å². The first-order chi connectivity index (χ1) is 18.6. The Morgan fingerprint density at radius 1 is 0.732 bits per heavy atom. The van der Waals surface area contributed by atoms with Gasteiger partial charge in [-0.3, -0.25) is 4.79 Å². The van der Waals surface area contributed by atoms with E-state index in [4.69, 9.17) is 38.9 Å². The summed E-state index contributed by atoms with van der Waals surface area (Å²) in [7, 11) is 0. The van der Waals surface area contributed by atoms with Crippen molar-refractivity contribution >= 4 is 24.4 Å². The summed E-state index contributed by atoms with van der Waals surface area (Å²) < 4.78 is 36.8. The molecule has 0 saturated heterocycles. The van der Waals surface area contributed by atoms with Gasteiger partial charge in [0.15, 0.2) is 11.5 Å². The standard InChI is InChI=1S/C29H45NO11/c1-12-29(10,11)41-24(32)36-18(3)17(2)35-23(31)20(30)15-19-13-14-21(37-25(33)39-27(4,5)6)22(16-19)38-26(34)40-28(7,8)9/h13-14,16-18,20H,12,15,30H2,1-11H3/t17-,18-,20-/m0/s1. The maximum Gasteiger partial charge on any atom is 0.514 e. The predicted octanol–water partition coefficient (Wildman–Crippen LogP) is 5.85. The van der Waals surface area contributed by atoms with Crippen molar-refractivity contribution in [3.8, 4) is 11.5 Å². The van der Waals surface area contributed by atoms with Gasteiger partial charge in [-0.25, -0.2) is 14.4 Å². The molecule has 0 fully saturated rings. The van der Waals surface area contributed by atoms with Crippen LogP contribution in [0.3, 0.4) is 0 Å². The lowest BCUT2D eigenvalue weighted by molar-refractivity contribution is -0.156. The van der Waals surface area contributed by atoms with Crippen LogP contribution in [0, 0.1) is 0 Å². The molecule has 2 N–H and O–H groups in total. The fourth-order valence-electron chi connectivity index (χ4n) is 2.84. The average molecular weight is 584 g/mol. The summed E-state index contributed by atoms with van der Waals surface area (Å²) in [5.41, 5.74) is 4.19. The van der Waals surface area contributed by atoms with Gasteiger partial charge in [-0.05, 0) is 99.8 Å². The molecule has 0 radical (unpaired) electrons. The van der Waals surface area contributed by atoms with Crippen LogP contribution >= 0.6 is 0 Å². The van der Waals surface area contributed by atoms with Crippen LogP contribution in [0.4, 0.5) is 14.4 Å². The monoisotopic (exact) mass is 583 g/mol. The van der Waals surface area contributed by atoms with Crippen molar-refractivity contribution in [1.29, 1.82) is 0 Å². The highest BCUT2D eigenvalue weighted by molar-refractivity contribution is 5.76. The lowest BCUT2D eigenvalue weighted by Crippen LogP contribution is -2.40. The first kappa shape index (κ1) is 35.5. The Morgan fingerprint density at radius 3 is 1.71 bits per heavy atom. The highest BCUT2D eigenvalue weighted by atomic mass is 16.8. The molecular formula is C29H45NO11. The first-order valence-corrected chi connectivity index (χ1v) is 13.4. The molecule has 0 bridgehead atoms. The normalized spacial score (nSPS) is 14.1. The third kappa shape index (κ3) is 14.1. The highest BCUT2D eigenvalue weighted by Crippen LogP contribution is 2.31. The van der Waals surface area contributed by atoms with Gasteiger partial charge < -0.3 is 38.9 Å². The maximum absolute atomic E-state index is 12.7. The summed E-state index contributed by atoms with van der Waals surface area (Å²) in [6, 6.07) is 3.17. The Balaban J connectivity index is 2.97. The summed E-state index contributed by atoms with van der Waals surface area (Å²) >= 11 is 0. The van der Waals surface area contributed by atoms with Crippen LogP contribution < -0.4 is 15.2 Å². The van der Waals surface area contributed by atoms with E-state index in [0.717, 1.165) is 0 Å². The van der Waals surface area contributed by atoms with Gasteiger partial charge >= 0.3 is 24.4 Å². The van der Waals surface area contributed by atoms with E-state index in [2.05, 4.69) is 0 Å². The molecule has 0 aliphatic heterocycles. The lowest BCUT2D eigenvalue weighted by atomic mass is 10.1. The van der Waals surface area contributed by atoms with Crippen LogP contribution in [-0.4, -0.2) is 59.5 Å². The summed E-state index contributed by atoms with van der Waals surface area (Å²) in [6.07, 6.45) is -3.96. The fraction of sp³-hybridized carbons (Fsp3) is 0.655. The van der Waals surface area contributed by atoms with E-state index in [1.165, 1.54) is 18.2 Å². The average Bonchev–Trinajstić information content (AvgIpc) is 2.77. The number of benzene rings is 1. The van der Waals surface area contributed by atoms with Crippen molar-refractivity contribution < 1.29 is 52.3 Å². The SMILES string of the molecule is CCC(C)(C)OC(=O)O[C@@H](C)[C@H](C)OC(=O)[C@@H](N)Cc1ccc(OC(=O)OC(C)(C)C)c(OC(=O)OC(C)(C)C)c1. The Hall–Kier alpha value is -3.54. The van der Waals surface area contributed by atoms with Crippen molar-refractivity contribution in [3.63, 3.8) is 0 Å². The van der Waals surface area contributed by atoms with E-state index in [1.54, 1.807) is 69.2 Å². The molecule has 41 heavy (non-hydrogen) atoms. The molecule has 0 unspecified atom stereocenters. The molecule has 0 amide bonds. The minimum atomic E-state index is -1.12. The van der Waals surface area contributed by atoms with Crippen molar-refractivity contribution in [2.24, 2.45) is 5.73 Å². The van der Waals surface area contributed by atoms with E-state index < -0.39 is 59.5 Å². The fourth-order valence-corrected chi connectivity index (χ4v) is 2.84. The van der Waals surface area contributed by atoms with Gasteiger partial charge in [-0.2, -0.15) is 0 Å². The highest BCUT2D eigenvalue weighted by Gasteiger charge is 2.28. The van der Waals surface area contributed by atoms with Crippen LogP contribution in [0.1, 0.15) is 88.1 Å². The zero-order valence-electron chi connectivity index (χ0n) is 25.9. The molecular weight excluding hydrogens is 538 g/mol.